The van der Waals surface area contributed by atoms with Gasteiger partial charge in [-0.15, -0.1) is 0 Å². The van der Waals surface area contributed by atoms with Gasteiger partial charge in [0.05, 0.1) is 23.1 Å². The molecule has 4 heteroatoms. The molecule has 126 valence electrons. The van der Waals surface area contributed by atoms with Gasteiger partial charge < -0.3 is 4.90 Å². The molecule has 0 unspecified atom stereocenters. The first-order valence-corrected chi connectivity index (χ1v) is 8.66. The van der Waals surface area contributed by atoms with E-state index in [1.807, 2.05) is 46.8 Å². The highest BCUT2D eigenvalue weighted by molar-refractivity contribution is 6.07. The minimum Gasteiger partial charge on any atom is -0.308 e. The van der Waals surface area contributed by atoms with Crippen LogP contribution in [0.15, 0.2) is 54.7 Å². The van der Waals surface area contributed by atoms with E-state index in [0.29, 0.717) is 5.56 Å². The van der Waals surface area contributed by atoms with Gasteiger partial charge in [0.15, 0.2) is 0 Å². The fourth-order valence-electron chi connectivity index (χ4n) is 3.53. The topological polar surface area (TPSA) is 38.1 Å². The molecule has 1 amide bonds. The van der Waals surface area contributed by atoms with Crippen LogP contribution in [0.2, 0.25) is 0 Å². The average Bonchev–Trinajstić information content (AvgIpc) is 3.02. The van der Waals surface area contributed by atoms with E-state index in [1.165, 1.54) is 11.1 Å². The highest BCUT2D eigenvalue weighted by Gasteiger charge is 2.26. The molecule has 25 heavy (non-hydrogen) atoms. The Hall–Kier alpha value is -2.88. The standard InChI is InChI=1S/C21H21N3O/c1-15-10-11-20-17(13-15)7-6-12-23(20)21(25)19-14-22-24(16(19)2)18-8-4-3-5-9-18/h3-5,8-11,13-14H,6-7,12H2,1-2H3. The third-order valence-corrected chi connectivity index (χ3v) is 4.84. The van der Waals surface area contributed by atoms with Crippen LogP contribution in [0.5, 0.6) is 0 Å². The summed E-state index contributed by atoms with van der Waals surface area (Å²) in [6, 6.07) is 16.2. The lowest BCUT2D eigenvalue weighted by Gasteiger charge is -2.29. The molecule has 0 atom stereocenters. The molecular weight excluding hydrogens is 310 g/mol. The van der Waals surface area contributed by atoms with Crippen LogP contribution in [0, 0.1) is 13.8 Å². The van der Waals surface area contributed by atoms with Gasteiger partial charge in [-0.3, -0.25) is 4.79 Å². The first-order chi connectivity index (χ1) is 12.1. The third kappa shape index (κ3) is 2.74. The number of nitrogens with zero attached hydrogens (tertiary/aromatic N) is 3. The molecule has 0 bridgehead atoms. The van der Waals surface area contributed by atoms with E-state index in [2.05, 4.69) is 30.2 Å². The molecule has 4 rings (SSSR count). The van der Waals surface area contributed by atoms with E-state index in [1.54, 1.807) is 6.20 Å². The van der Waals surface area contributed by atoms with Gasteiger partial charge in [0.1, 0.15) is 0 Å². The van der Waals surface area contributed by atoms with E-state index in [9.17, 15) is 4.79 Å². The molecule has 0 saturated heterocycles. The van der Waals surface area contributed by atoms with Crippen LogP contribution in [0.3, 0.4) is 0 Å². The van der Waals surface area contributed by atoms with E-state index in [-0.39, 0.29) is 5.91 Å². The lowest BCUT2D eigenvalue weighted by Crippen LogP contribution is -2.35. The molecule has 0 radical (unpaired) electrons. The maximum Gasteiger partial charge on any atom is 0.261 e. The monoisotopic (exact) mass is 331 g/mol. The zero-order chi connectivity index (χ0) is 17.4. The highest BCUT2D eigenvalue weighted by Crippen LogP contribution is 2.30. The number of carbonyl (C=O) groups excluding carboxylic acids is 1. The van der Waals surface area contributed by atoms with Crippen LogP contribution >= 0.6 is 0 Å². The molecule has 2 heterocycles. The normalized spacial score (nSPS) is 13.6. The Morgan fingerprint density at radius 1 is 1.08 bits per heavy atom. The largest absolute Gasteiger partial charge is 0.308 e. The van der Waals surface area contributed by atoms with Crippen molar-refractivity contribution < 1.29 is 4.79 Å². The molecular formula is C21H21N3O. The summed E-state index contributed by atoms with van der Waals surface area (Å²) in [5.41, 5.74) is 6.03. The van der Waals surface area contributed by atoms with E-state index >= 15 is 0 Å². The summed E-state index contributed by atoms with van der Waals surface area (Å²) in [6.07, 6.45) is 3.71. The lowest BCUT2D eigenvalue weighted by atomic mass is 9.99. The van der Waals surface area contributed by atoms with Crippen molar-refractivity contribution in [2.45, 2.75) is 26.7 Å². The van der Waals surface area contributed by atoms with Gasteiger partial charge in [-0.1, -0.05) is 35.9 Å². The summed E-state index contributed by atoms with van der Waals surface area (Å²) in [7, 11) is 0. The van der Waals surface area contributed by atoms with E-state index in [4.69, 9.17) is 0 Å². The summed E-state index contributed by atoms with van der Waals surface area (Å²) < 4.78 is 1.83. The van der Waals surface area contributed by atoms with Crippen molar-refractivity contribution in [1.29, 1.82) is 0 Å². The lowest BCUT2D eigenvalue weighted by molar-refractivity contribution is 0.0984. The second kappa shape index (κ2) is 6.20. The highest BCUT2D eigenvalue weighted by atomic mass is 16.2. The molecule has 0 aliphatic carbocycles. The van der Waals surface area contributed by atoms with E-state index < -0.39 is 0 Å². The predicted octanol–water partition coefficient (Wildman–Crippen LogP) is 4.08. The van der Waals surface area contributed by atoms with Crippen LogP contribution in [-0.4, -0.2) is 22.2 Å². The van der Waals surface area contributed by atoms with Crippen molar-refractivity contribution in [2.24, 2.45) is 0 Å². The fourth-order valence-corrected chi connectivity index (χ4v) is 3.53. The van der Waals surface area contributed by atoms with Gasteiger partial charge >= 0.3 is 0 Å². The van der Waals surface area contributed by atoms with Gasteiger partial charge in [-0.05, 0) is 50.5 Å². The van der Waals surface area contributed by atoms with Crippen LogP contribution in [0.25, 0.3) is 5.69 Å². The van der Waals surface area contributed by atoms with Crippen LogP contribution in [0.4, 0.5) is 5.69 Å². The summed E-state index contributed by atoms with van der Waals surface area (Å²) in [5.74, 6) is 0.0319. The number of aromatic nitrogens is 2. The molecule has 4 nitrogen and oxygen atoms in total. The molecule has 2 aromatic carbocycles. The number of hydrogen-bond acceptors (Lipinski definition) is 2. The maximum atomic E-state index is 13.2. The quantitative estimate of drug-likeness (QED) is 0.709. The first kappa shape index (κ1) is 15.6. The van der Waals surface area contributed by atoms with Gasteiger partial charge in [-0.25, -0.2) is 4.68 Å². The Morgan fingerprint density at radius 2 is 1.88 bits per heavy atom. The average molecular weight is 331 g/mol. The number of aryl methyl sites for hydroxylation is 2. The molecule has 0 saturated carbocycles. The first-order valence-electron chi connectivity index (χ1n) is 8.66. The molecule has 0 spiro atoms. The molecule has 1 aliphatic heterocycles. The molecule has 0 fully saturated rings. The van der Waals surface area contributed by atoms with Crippen LogP contribution < -0.4 is 4.90 Å². The fraction of sp³-hybridized carbons (Fsp3) is 0.238. The number of rotatable bonds is 2. The Bertz CT molecular complexity index is 928. The molecule has 0 N–H and O–H groups in total. The number of para-hydroxylation sites is 1. The predicted molar refractivity (Wildman–Crippen MR) is 99.5 cm³/mol. The van der Waals surface area contributed by atoms with Crippen molar-refractivity contribution in [3.63, 3.8) is 0 Å². The number of carbonyl (C=O) groups is 1. The van der Waals surface area contributed by atoms with Crippen molar-refractivity contribution in [1.82, 2.24) is 9.78 Å². The Balaban J connectivity index is 1.71. The summed E-state index contributed by atoms with van der Waals surface area (Å²) in [6.45, 7) is 4.80. The maximum absolute atomic E-state index is 13.2. The zero-order valence-corrected chi connectivity index (χ0v) is 14.6. The van der Waals surface area contributed by atoms with Gasteiger partial charge in [-0.2, -0.15) is 5.10 Å². The Labute approximate surface area is 147 Å². The van der Waals surface area contributed by atoms with E-state index in [0.717, 1.165) is 36.5 Å². The minimum atomic E-state index is 0.0319. The SMILES string of the molecule is Cc1ccc2c(c1)CCCN2C(=O)c1cnn(-c2ccccc2)c1C. The minimum absolute atomic E-state index is 0.0319. The Kier molecular flexibility index (Phi) is 3.88. The van der Waals surface area contributed by atoms with Crippen LogP contribution in [-0.2, 0) is 6.42 Å². The van der Waals surface area contributed by atoms with Crippen molar-refractivity contribution in [3.8, 4) is 5.69 Å². The molecule has 1 aromatic heterocycles. The Morgan fingerprint density at radius 3 is 2.68 bits per heavy atom. The van der Waals surface area contributed by atoms with Gasteiger partial charge in [0.25, 0.3) is 5.91 Å². The van der Waals surface area contributed by atoms with Crippen molar-refractivity contribution >= 4 is 11.6 Å². The number of benzene rings is 2. The van der Waals surface area contributed by atoms with Crippen molar-refractivity contribution in [3.05, 3.63) is 77.1 Å². The number of hydrogen-bond donors (Lipinski definition) is 0. The number of amides is 1. The van der Waals surface area contributed by atoms with Crippen LogP contribution in [0.1, 0.15) is 33.6 Å². The zero-order valence-electron chi connectivity index (χ0n) is 14.6. The second-order valence-electron chi connectivity index (χ2n) is 6.58. The van der Waals surface area contributed by atoms with Gasteiger partial charge in [0.2, 0.25) is 0 Å². The second-order valence-corrected chi connectivity index (χ2v) is 6.58. The van der Waals surface area contributed by atoms with Crippen molar-refractivity contribution in [2.75, 3.05) is 11.4 Å². The number of anilines is 1. The molecule has 1 aliphatic rings. The van der Waals surface area contributed by atoms with Gasteiger partial charge in [0, 0.05) is 12.2 Å². The summed E-state index contributed by atoms with van der Waals surface area (Å²) in [4.78, 5) is 15.1. The summed E-state index contributed by atoms with van der Waals surface area (Å²) >= 11 is 0. The third-order valence-electron chi connectivity index (χ3n) is 4.84. The number of fused-ring (bicyclic) bond motifs is 1. The summed E-state index contributed by atoms with van der Waals surface area (Å²) in [5, 5.41) is 4.44. The molecule has 3 aromatic rings. The smallest absolute Gasteiger partial charge is 0.261 e.